The van der Waals surface area contributed by atoms with Crippen LogP contribution in [0.3, 0.4) is 0 Å². The molecule has 2 aliphatic heterocycles. The van der Waals surface area contributed by atoms with Gasteiger partial charge in [0.25, 0.3) is 0 Å². The minimum absolute atomic E-state index is 0.211. The maximum Gasteiger partial charge on any atom is 0.162 e. The molecule has 0 bridgehead atoms. The molecular weight excluding hydrogens is 344 g/mol. The zero-order valence-electron chi connectivity index (χ0n) is 14.6. The minimum Gasteiger partial charge on any atom is -0.373 e. The van der Waals surface area contributed by atoms with Crippen LogP contribution in [0, 0.1) is 0 Å². The van der Waals surface area contributed by atoms with Gasteiger partial charge in [0.2, 0.25) is 0 Å². The van der Waals surface area contributed by atoms with Crippen LogP contribution in [0.2, 0.25) is 0 Å². The summed E-state index contributed by atoms with van der Waals surface area (Å²) >= 11 is 1.66. The second kappa shape index (κ2) is 6.95. The summed E-state index contributed by atoms with van der Waals surface area (Å²) in [6, 6.07) is 10.9. The van der Waals surface area contributed by atoms with E-state index in [9.17, 15) is 0 Å². The van der Waals surface area contributed by atoms with Crippen LogP contribution in [0.1, 0.15) is 12.8 Å². The lowest BCUT2D eigenvalue weighted by molar-refractivity contribution is -0.0415. The molecule has 2 aromatic heterocycles. The van der Waals surface area contributed by atoms with Gasteiger partial charge < -0.3 is 10.1 Å². The normalized spacial score (nSPS) is 23.2. The van der Waals surface area contributed by atoms with Gasteiger partial charge in [0.05, 0.1) is 18.2 Å². The topological polar surface area (TPSA) is 50.3 Å². The van der Waals surface area contributed by atoms with E-state index in [1.165, 1.54) is 19.4 Å². The lowest BCUT2D eigenvalue weighted by atomic mass is 10.2. The van der Waals surface area contributed by atoms with E-state index in [0.29, 0.717) is 6.04 Å². The van der Waals surface area contributed by atoms with Crippen molar-refractivity contribution in [3.63, 3.8) is 0 Å². The van der Waals surface area contributed by atoms with Gasteiger partial charge in [0, 0.05) is 35.5 Å². The maximum absolute atomic E-state index is 6.08. The number of ether oxygens (including phenoxy) is 1. The predicted octanol–water partition coefficient (Wildman–Crippen LogP) is 3.63. The van der Waals surface area contributed by atoms with E-state index in [0.717, 1.165) is 47.8 Å². The number of thiophene rings is 1. The highest BCUT2D eigenvalue weighted by Crippen LogP contribution is 2.27. The number of fused-ring (bicyclic) bond motifs is 2. The molecule has 6 heteroatoms. The second-order valence-corrected chi connectivity index (χ2v) is 7.83. The van der Waals surface area contributed by atoms with Crippen molar-refractivity contribution < 1.29 is 4.74 Å². The van der Waals surface area contributed by atoms with Gasteiger partial charge in [-0.2, -0.15) is 11.3 Å². The Bertz CT molecular complexity index is 898. The number of benzene rings is 1. The Labute approximate surface area is 157 Å². The van der Waals surface area contributed by atoms with E-state index in [4.69, 9.17) is 14.7 Å². The van der Waals surface area contributed by atoms with Crippen molar-refractivity contribution in [3.8, 4) is 11.4 Å². The van der Waals surface area contributed by atoms with Crippen molar-refractivity contribution in [1.29, 1.82) is 0 Å². The third kappa shape index (κ3) is 3.09. The molecule has 5 nitrogen and oxygen atoms in total. The molecule has 0 saturated carbocycles. The first-order chi connectivity index (χ1) is 12.9. The summed E-state index contributed by atoms with van der Waals surface area (Å²) in [6.45, 7) is 3.85. The Morgan fingerprint density at radius 3 is 3.12 bits per heavy atom. The highest BCUT2D eigenvalue weighted by Gasteiger charge is 2.32. The lowest BCUT2D eigenvalue weighted by Crippen LogP contribution is -2.48. The van der Waals surface area contributed by atoms with Crippen LogP contribution in [0.5, 0.6) is 0 Å². The summed E-state index contributed by atoms with van der Waals surface area (Å²) in [7, 11) is 0. The summed E-state index contributed by atoms with van der Waals surface area (Å²) in [6.07, 6.45) is 2.79. The average molecular weight is 366 g/mol. The number of rotatable bonds is 4. The summed E-state index contributed by atoms with van der Waals surface area (Å²) in [5, 5.41) is 8.74. The largest absolute Gasteiger partial charge is 0.373 e. The molecular formula is C20H22N4OS. The Morgan fingerprint density at radius 1 is 1.23 bits per heavy atom. The van der Waals surface area contributed by atoms with E-state index in [1.54, 1.807) is 11.3 Å². The molecule has 5 rings (SSSR count). The number of nitrogens with one attached hydrogen (secondary N) is 1. The number of morpholine rings is 1. The van der Waals surface area contributed by atoms with E-state index in [2.05, 4.69) is 33.1 Å². The molecule has 2 atom stereocenters. The smallest absolute Gasteiger partial charge is 0.162 e. The number of hydrogen-bond donors (Lipinski definition) is 1. The van der Waals surface area contributed by atoms with Gasteiger partial charge >= 0.3 is 0 Å². The SMILES string of the molecule is c1ccc2c(NCC3CN4CCCC4CO3)nc(-c3ccsc3)nc2c1. The molecule has 1 aromatic carbocycles. The summed E-state index contributed by atoms with van der Waals surface area (Å²) in [4.78, 5) is 12.1. The summed E-state index contributed by atoms with van der Waals surface area (Å²) < 4.78 is 6.08. The Hall–Kier alpha value is -2.02. The third-order valence-electron chi connectivity index (χ3n) is 5.34. The number of hydrogen-bond acceptors (Lipinski definition) is 6. The fraction of sp³-hybridized carbons (Fsp3) is 0.400. The van der Waals surface area contributed by atoms with Crippen molar-refractivity contribution >= 4 is 28.1 Å². The van der Waals surface area contributed by atoms with Crippen LogP contribution in [0.4, 0.5) is 5.82 Å². The number of nitrogens with zero attached hydrogens (tertiary/aromatic N) is 3. The highest BCUT2D eigenvalue weighted by molar-refractivity contribution is 7.08. The standard InChI is InChI=1S/C20H22N4OS/c1-2-6-18-17(5-1)20(23-19(22-18)14-7-9-26-13-14)21-10-16-11-24-8-3-4-15(24)12-25-16/h1-2,5-7,9,13,15-16H,3-4,8,10-12H2,(H,21,22,23). The van der Waals surface area contributed by atoms with E-state index >= 15 is 0 Å². The lowest BCUT2D eigenvalue weighted by Gasteiger charge is -2.35. The molecule has 4 heterocycles. The monoisotopic (exact) mass is 366 g/mol. The van der Waals surface area contributed by atoms with Crippen molar-refractivity contribution in [3.05, 3.63) is 41.1 Å². The molecule has 0 aliphatic carbocycles. The van der Waals surface area contributed by atoms with Crippen molar-refractivity contribution in [1.82, 2.24) is 14.9 Å². The molecule has 0 amide bonds. The summed E-state index contributed by atoms with van der Waals surface area (Å²) in [5.41, 5.74) is 2.04. The fourth-order valence-electron chi connectivity index (χ4n) is 3.95. The van der Waals surface area contributed by atoms with Crippen molar-refractivity contribution in [2.24, 2.45) is 0 Å². The molecule has 2 saturated heterocycles. The maximum atomic E-state index is 6.08. The fourth-order valence-corrected chi connectivity index (χ4v) is 4.59. The van der Waals surface area contributed by atoms with E-state index in [1.807, 2.05) is 18.2 Å². The molecule has 2 fully saturated rings. The first-order valence-electron chi connectivity index (χ1n) is 9.26. The van der Waals surface area contributed by atoms with Crippen LogP contribution in [0.15, 0.2) is 41.1 Å². The van der Waals surface area contributed by atoms with Gasteiger partial charge in [-0.05, 0) is 43.0 Å². The molecule has 2 aliphatic rings. The zero-order valence-corrected chi connectivity index (χ0v) is 15.4. The second-order valence-electron chi connectivity index (χ2n) is 7.05. The predicted molar refractivity (Wildman–Crippen MR) is 106 cm³/mol. The van der Waals surface area contributed by atoms with Crippen LogP contribution in [-0.4, -0.2) is 53.3 Å². The van der Waals surface area contributed by atoms with Gasteiger partial charge in [-0.25, -0.2) is 9.97 Å². The third-order valence-corrected chi connectivity index (χ3v) is 6.02. The summed E-state index contributed by atoms with van der Waals surface area (Å²) in [5.74, 6) is 1.67. The molecule has 0 spiro atoms. The molecule has 134 valence electrons. The number of aromatic nitrogens is 2. The average Bonchev–Trinajstić information content (AvgIpc) is 3.37. The van der Waals surface area contributed by atoms with Crippen molar-refractivity contribution in [2.45, 2.75) is 25.0 Å². The minimum atomic E-state index is 0.211. The van der Waals surface area contributed by atoms with Gasteiger partial charge in [-0.3, -0.25) is 4.90 Å². The van der Waals surface area contributed by atoms with Crippen LogP contribution in [-0.2, 0) is 4.74 Å². The van der Waals surface area contributed by atoms with Gasteiger partial charge in [-0.15, -0.1) is 0 Å². The molecule has 26 heavy (non-hydrogen) atoms. The zero-order chi connectivity index (χ0) is 17.3. The molecule has 3 aromatic rings. The van der Waals surface area contributed by atoms with Crippen LogP contribution >= 0.6 is 11.3 Å². The first kappa shape index (κ1) is 16.2. The Balaban J connectivity index is 1.39. The highest BCUT2D eigenvalue weighted by atomic mass is 32.1. The van der Waals surface area contributed by atoms with E-state index in [-0.39, 0.29) is 6.10 Å². The Morgan fingerprint density at radius 2 is 2.19 bits per heavy atom. The number of anilines is 1. The van der Waals surface area contributed by atoms with Gasteiger partial charge in [-0.1, -0.05) is 12.1 Å². The first-order valence-corrected chi connectivity index (χ1v) is 10.2. The Kier molecular flexibility index (Phi) is 4.32. The van der Waals surface area contributed by atoms with Gasteiger partial charge in [0.1, 0.15) is 5.82 Å². The number of para-hydroxylation sites is 1. The molecule has 0 radical (unpaired) electrons. The van der Waals surface area contributed by atoms with Crippen LogP contribution < -0.4 is 5.32 Å². The molecule has 2 unspecified atom stereocenters. The van der Waals surface area contributed by atoms with Gasteiger partial charge in [0.15, 0.2) is 5.82 Å². The van der Waals surface area contributed by atoms with Crippen LogP contribution in [0.25, 0.3) is 22.3 Å². The quantitative estimate of drug-likeness (QED) is 0.764. The molecule has 1 N–H and O–H groups in total. The van der Waals surface area contributed by atoms with E-state index < -0.39 is 0 Å². The van der Waals surface area contributed by atoms with Crippen molar-refractivity contribution in [2.75, 3.05) is 31.6 Å².